The minimum Gasteiger partial charge on any atom is -0.205 e. The maximum Gasteiger partial charge on any atom is 0.144 e. The molecule has 3 aromatic rings. The van der Waals surface area contributed by atoms with Gasteiger partial charge in [0.25, 0.3) is 0 Å². The Kier molecular flexibility index (Phi) is 5.11. The molecule has 1 nitrogen and oxygen atoms in total. The van der Waals surface area contributed by atoms with Crippen LogP contribution in [0.2, 0.25) is 0 Å². The second-order valence-electron chi connectivity index (χ2n) is 5.80. The SMILES string of the molecule is CCc1ccc(C#Cc2ccc(-c3cc(F)c(C#N)c(F)c3)cc2)cc1. The summed E-state index contributed by atoms with van der Waals surface area (Å²) in [5.41, 5.74) is 3.48. The first kappa shape index (κ1) is 17.4. The summed E-state index contributed by atoms with van der Waals surface area (Å²) in [5, 5.41) is 8.73. The van der Waals surface area contributed by atoms with Crippen molar-refractivity contribution >= 4 is 0 Å². The van der Waals surface area contributed by atoms with Crippen molar-refractivity contribution in [3.63, 3.8) is 0 Å². The second kappa shape index (κ2) is 7.64. The summed E-state index contributed by atoms with van der Waals surface area (Å²) < 4.78 is 27.5. The van der Waals surface area contributed by atoms with Crippen LogP contribution in [0.1, 0.15) is 29.2 Å². The fourth-order valence-corrected chi connectivity index (χ4v) is 2.56. The molecular weight excluding hydrogens is 328 g/mol. The van der Waals surface area contributed by atoms with Crippen LogP contribution >= 0.6 is 0 Å². The zero-order valence-electron chi connectivity index (χ0n) is 14.2. The molecule has 0 bridgehead atoms. The van der Waals surface area contributed by atoms with Crippen molar-refractivity contribution < 1.29 is 8.78 Å². The Morgan fingerprint density at radius 3 is 1.73 bits per heavy atom. The Hall–Kier alpha value is -3.43. The van der Waals surface area contributed by atoms with Gasteiger partial charge in [-0.3, -0.25) is 0 Å². The average Bonchev–Trinajstić information content (AvgIpc) is 2.67. The molecule has 3 rings (SSSR count). The Balaban J connectivity index is 1.83. The number of rotatable bonds is 2. The molecule has 0 aliphatic rings. The third-order valence-corrected chi connectivity index (χ3v) is 4.09. The largest absolute Gasteiger partial charge is 0.205 e. The maximum absolute atomic E-state index is 13.8. The fourth-order valence-electron chi connectivity index (χ4n) is 2.56. The van der Waals surface area contributed by atoms with Gasteiger partial charge in [-0.05, 0) is 59.5 Å². The van der Waals surface area contributed by atoms with E-state index in [1.165, 1.54) is 11.6 Å². The zero-order chi connectivity index (χ0) is 18.5. The lowest BCUT2D eigenvalue weighted by Gasteiger charge is -2.04. The second-order valence-corrected chi connectivity index (χ2v) is 5.80. The number of aryl methyl sites for hydroxylation is 1. The van der Waals surface area contributed by atoms with Gasteiger partial charge in [-0.25, -0.2) is 8.78 Å². The lowest BCUT2D eigenvalue weighted by atomic mass is 10.0. The molecule has 26 heavy (non-hydrogen) atoms. The highest BCUT2D eigenvalue weighted by Crippen LogP contribution is 2.24. The fraction of sp³-hybridized carbons (Fsp3) is 0.0870. The van der Waals surface area contributed by atoms with E-state index in [1.54, 1.807) is 24.3 Å². The zero-order valence-corrected chi connectivity index (χ0v) is 14.2. The Labute approximate surface area is 151 Å². The summed E-state index contributed by atoms with van der Waals surface area (Å²) in [4.78, 5) is 0. The molecule has 0 amide bonds. The van der Waals surface area contributed by atoms with Crippen LogP contribution in [0.15, 0.2) is 60.7 Å². The van der Waals surface area contributed by atoms with Gasteiger partial charge >= 0.3 is 0 Å². The van der Waals surface area contributed by atoms with Crippen LogP contribution in [0, 0.1) is 34.8 Å². The Bertz CT molecular complexity index is 1010. The summed E-state index contributed by atoms with van der Waals surface area (Å²) >= 11 is 0. The van der Waals surface area contributed by atoms with Crippen LogP contribution in [0.4, 0.5) is 8.78 Å². The van der Waals surface area contributed by atoms with E-state index in [1.807, 2.05) is 12.1 Å². The minimum atomic E-state index is -0.859. The van der Waals surface area contributed by atoms with Gasteiger partial charge in [-0.2, -0.15) is 5.26 Å². The smallest absolute Gasteiger partial charge is 0.144 e. The number of benzene rings is 3. The molecule has 0 heterocycles. The Morgan fingerprint density at radius 1 is 0.769 bits per heavy atom. The molecule has 0 aromatic heterocycles. The molecule has 0 aliphatic heterocycles. The van der Waals surface area contributed by atoms with Crippen molar-refractivity contribution in [3.05, 3.63) is 94.6 Å². The molecule has 0 fully saturated rings. The van der Waals surface area contributed by atoms with E-state index in [4.69, 9.17) is 5.26 Å². The van der Waals surface area contributed by atoms with Crippen LogP contribution in [0.5, 0.6) is 0 Å². The molecule has 0 radical (unpaired) electrons. The molecule has 0 aliphatic carbocycles. The van der Waals surface area contributed by atoms with Crippen LogP contribution in [-0.4, -0.2) is 0 Å². The van der Waals surface area contributed by atoms with Crippen molar-refractivity contribution in [1.82, 2.24) is 0 Å². The van der Waals surface area contributed by atoms with E-state index in [9.17, 15) is 8.78 Å². The predicted molar refractivity (Wildman–Crippen MR) is 98.3 cm³/mol. The summed E-state index contributed by atoms with van der Waals surface area (Å²) in [7, 11) is 0. The van der Waals surface area contributed by atoms with Crippen molar-refractivity contribution in [2.45, 2.75) is 13.3 Å². The van der Waals surface area contributed by atoms with E-state index in [-0.39, 0.29) is 0 Å². The van der Waals surface area contributed by atoms with E-state index < -0.39 is 17.2 Å². The molecule has 126 valence electrons. The van der Waals surface area contributed by atoms with E-state index >= 15 is 0 Å². The van der Waals surface area contributed by atoms with Crippen molar-refractivity contribution in [2.75, 3.05) is 0 Å². The first-order valence-corrected chi connectivity index (χ1v) is 8.21. The highest BCUT2D eigenvalue weighted by Gasteiger charge is 2.11. The summed E-state index contributed by atoms with van der Waals surface area (Å²) in [6.07, 6.45) is 0.992. The van der Waals surface area contributed by atoms with Gasteiger partial charge in [0.2, 0.25) is 0 Å². The highest BCUT2D eigenvalue weighted by molar-refractivity contribution is 5.66. The molecule has 3 heteroatoms. The standard InChI is InChI=1S/C23H15F2N/c1-2-16-3-5-17(6-4-16)7-8-18-9-11-19(12-10-18)20-13-22(24)21(15-26)23(25)14-20/h3-6,9-14H,2H2,1H3. The van der Waals surface area contributed by atoms with Gasteiger partial charge in [-0.15, -0.1) is 0 Å². The topological polar surface area (TPSA) is 23.8 Å². The monoisotopic (exact) mass is 343 g/mol. The predicted octanol–water partition coefficient (Wildman–Crippen LogP) is 5.47. The van der Waals surface area contributed by atoms with Gasteiger partial charge in [0.1, 0.15) is 23.3 Å². The Morgan fingerprint density at radius 2 is 1.27 bits per heavy atom. The van der Waals surface area contributed by atoms with Crippen LogP contribution in [0.3, 0.4) is 0 Å². The minimum absolute atomic E-state index is 0.383. The average molecular weight is 343 g/mol. The van der Waals surface area contributed by atoms with Gasteiger partial charge in [0.05, 0.1) is 0 Å². The number of hydrogen-bond acceptors (Lipinski definition) is 1. The molecule has 0 unspecified atom stereocenters. The number of hydrogen-bond donors (Lipinski definition) is 0. The highest BCUT2D eigenvalue weighted by atomic mass is 19.1. The normalized spacial score (nSPS) is 9.92. The van der Waals surface area contributed by atoms with Gasteiger partial charge in [-0.1, -0.05) is 43.0 Å². The van der Waals surface area contributed by atoms with Crippen molar-refractivity contribution in [1.29, 1.82) is 5.26 Å². The quantitative estimate of drug-likeness (QED) is 0.566. The number of nitriles is 1. The molecule has 0 atom stereocenters. The van der Waals surface area contributed by atoms with E-state index in [0.29, 0.717) is 11.1 Å². The van der Waals surface area contributed by atoms with Gasteiger partial charge in [0, 0.05) is 11.1 Å². The molecular formula is C23H15F2N. The summed E-state index contributed by atoms with van der Waals surface area (Å²) in [6, 6.07) is 19.1. The van der Waals surface area contributed by atoms with Crippen molar-refractivity contribution in [2.24, 2.45) is 0 Å². The van der Waals surface area contributed by atoms with Crippen LogP contribution in [-0.2, 0) is 6.42 Å². The lowest BCUT2D eigenvalue weighted by Crippen LogP contribution is -1.92. The van der Waals surface area contributed by atoms with E-state index in [2.05, 4.69) is 30.9 Å². The molecule has 0 saturated heterocycles. The third-order valence-electron chi connectivity index (χ3n) is 4.09. The summed E-state index contributed by atoms with van der Waals surface area (Å²) in [6.45, 7) is 2.10. The third kappa shape index (κ3) is 3.79. The molecule has 0 saturated carbocycles. The number of halogens is 2. The molecule has 0 N–H and O–H groups in total. The molecule has 0 spiro atoms. The van der Waals surface area contributed by atoms with Crippen molar-refractivity contribution in [3.8, 4) is 29.0 Å². The first-order chi connectivity index (χ1) is 12.6. The van der Waals surface area contributed by atoms with Gasteiger partial charge < -0.3 is 0 Å². The lowest BCUT2D eigenvalue weighted by molar-refractivity contribution is 0.577. The first-order valence-electron chi connectivity index (χ1n) is 8.21. The van der Waals surface area contributed by atoms with Crippen LogP contribution in [0.25, 0.3) is 11.1 Å². The van der Waals surface area contributed by atoms with Gasteiger partial charge in [0.15, 0.2) is 0 Å². The maximum atomic E-state index is 13.8. The van der Waals surface area contributed by atoms with E-state index in [0.717, 1.165) is 29.7 Å². The molecule has 3 aromatic carbocycles. The number of nitrogens with zero attached hydrogens (tertiary/aromatic N) is 1. The van der Waals surface area contributed by atoms with Crippen LogP contribution < -0.4 is 0 Å². The summed E-state index contributed by atoms with van der Waals surface area (Å²) in [5.74, 6) is 4.46.